The van der Waals surface area contributed by atoms with E-state index in [1.54, 1.807) is 0 Å². The lowest BCUT2D eigenvalue weighted by Gasteiger charge is -2.14. The molecular formula is C13H17N3. The van der Waals surface area contributed by atoms with Crippen LogP contribution in [0.25, 0.3) is 11.0 Å². The van der Waals surface area contributed by atoms with Gasteiger partial charge < -0.3 is 9.88 Å². The van der Waals surface area contributed by atoms with Gasteiger partial charge in [0.15, 0.2) is 0 Å². The Balaban J connectivity index is 2.18. The molecule has 1 saturated heterocycles. The number of aromatic nitrogens is 2. The van der Waals surface area contributed by atoms with E-state index >= 15 is 0 Å². The van der Waals surface area contributed by atoms with Crippen LogP contribution in [0.1, 0.15) is 25.2 Å². The largest absolute Gasteiger partial charge is 0.324 e. The molecule has 0 unspecified atom stereocenters. The maximum atomic E-state index is 4.71. The topological polar surface area (TPSA) is 29.9 Å². The fraction of sp³-hybridized carbons (Fsp3) is 0.462. The number of imidazole rings is 1. The third kappa shape index (κ3) is 1.43. The van der Waals surface area contributed by atoms with E-state index in [0.717, 1.165) is 25.0 Å². The van der Waals surface area contributed by atoms with Gasteiger partial charge in [-0.1, -0.05) is 19.1 Å². The predicted molar refractivity (Wildman–Crippen MR) is 65.6 cm³/mol. The van der Waals surface area contributed by atoms with E-state index in [1.807, 2.05) is 0 Å². The van der Waals surface area contributed by atoms with Crippen molar-refractivity contribution in [2.45, 2.75) is 25.8 Å². The number of hydrogen-bond donors (Lipinski definition) is 1. The quantitative estimate of drug-likeness (QED) is 0.831. The van der Waals surface area contributed by atoms with Crippen LogP contribution in [0.4, 0.5) is 0 Å². The van der Waals surface area contributed by atoms with Gasteiger partial charge in [-0.15, -0.1) is 0 Å². The van der Waals surface area contributed by atoms with Gasteiger partial charge in [0.05, 0.1) is 11.0 Å². The van der Waals surface area contributed by atoms with Gasteiger partial charge in [0.2, 0.25) is 0 Å². The first-order valence-corrected chi connectivity index (χ1v) is 6.06. The van der Waals surface area contributed by atoms with Crippen molar-refractivity contribution < 1.29 is 0 Å². The summed E-state index contributed by atoms with van der Waals surface area (Å²) in [4.78, 5) is 4.71. The van der Waals surface area contributed by atoms with Crippen LogP contribution < -0.4 is 5.32 Å². The van der Waals surface area contributed by atoms with Gasteiger partial charge in [-0.05, 0) is 25.1 Å². The van der Waals surface area contributed by atoms with Crippen molar-refractivity contribution in [2.75, 3.05) is 13.1 Å². The zero-order valence-electron chi connectivity index (χ0n) is 9.61. The standard InChI is InChI=1S/C13H17N3/c1-2-13-15-11-5-3-4-6-12(11)16(13)10-7-8-14-9-10/h3-6,10,14H,2,7-9H2,1H3/t10-/m0/s1. The SMILES string of the molecule is CCc1nc2ccccc2n1[C@H]1CCNC1. The maximum absolute atomic E-state index is 4.71. The summed E-state index contributed by atoms with van der Waals surface area (Å²) in [5.74, 6) is 1.22. The van der Waals surface area contributed by atoms with Gasteiger partial charge in [-0.2, -0.15) is 0 Å². The highest BCUT2D eigenvalue weighted by molar-refractivity contribution is 5.76. The Hall–Kier alpha value is -1.35. The molecule has 16 heavy (non-hydrogen) atoms. The lowest BCUT2D eigenvalue weighted by Crippen LogP contribution is -2.15. The molecule has 0 bridgehead atoms. The highest BCUT2D eigenvalue weighted by atomic mass is 15.1. The summed E-state index contributed by atoms with van der Waals surface area (Å²) in [5, 5.41) is 3.43. The fourth-order valence-electron chi connectivity index (χ4n) is 2.61. The molecule has 1 fully saturated rings. The van der Waals surface area contributed by atoms with E-state index in [9.17, 15) is 0 Å². The number of aryl methyl sites for hydroxylation is 1. The van der Waals surface area contributed by atoms with E-state index in [-0.39, 0.29) is 0 Å². The van der Waals surface area contributed by atoms with Crippen LogP contribution in [0, 0.1) is 0 Å². The smallest absolute Gasteiger partial charge is 0.109 e. The average molecular weight is 215 g/mol. The number of nitrogens with one attached hydrogen (secondary N) is 1. The van der Waals surface area contributed by atoms with E-state index in [1.165, 1.54) is 17.8 Å². The second-order valence-corrected chi connectivity index (χ2v) is 4.39. The Morgan fingerprint density at radius 2 is 2.31 bits per heavy atom. The van der Waals surface area contributed by atoms with Crippen molar-refractivity contribution in [3.63, 3.8) is 0 Å². The van der Waals surface area contributed by atoms with Crippen LogP contribution in [0.5, 0.6) is 0 Å². The minimum atomic E-state index is 0.586. The molecule has 1 atom stereocenters. The van der Waals surface area contributed by atoms with Gasteiger partial charge >= 0.3 is 0 Å². The summed E-state index contributed by atoms with van der Waals surface area (Å²) in [7, 11) is 0. The normalized spacial score (nSPS) is 20.7. The number of para-hydroxylation sites is 2. The Kier molecular flexibility index (Phi) is 2.40. The van der Waals surface area contributed by atoms with E-state index in [0.29, 0.717) is 6.04 Å². The minimum absolute atomic E-state index is 0.586. The zero-order valence-corrected chi connectivity index (χ0v) is 9.61. The Morgan fingerprint density at radius 1 is 1.44 bits per heavy atom. The van der Waals surface area contributed by atoms with Crippen LogP contribution in [-0.2, 0) is 6.42 Å². The molecule has 0 radical (unpaired) electrons. The molecule has 1 aliphatic heterocycles. The van der Waals surface area contributed by atoms with Gasteiger partial charge in [0.1, 0.15) is 5.82 Å². The summed E-state index contributed by atoms with van der Waals surface area (Å²) < 4.78 is 2.43. The van der Waals surface area contributed by atoms with Crippen molar-refractivity contribution in [1.29, 1.82) is 0 Å². The molecule has 2 aromatic rings. The van der Waals surface area contributed by atoms with E-state index < -0.39 is 0 Å². The molecule has 0 aliphatic carbocycles. The molecule has 0 saturated carbocycles. The van der Waals surface area contributed by atoms with E-state index in [2.05, 4.69) is 41.1 Å². The van der Waals surface area contributed by atoms with Crippen molar-refractivity contribution in [3.8, 4) is 0 Å². The van der Waals surface area contributed by atoms with Gasteiger partial charge in [-0.3, -0.25) is 0 Å². The maximum Gasteiger partial charge on any atom is 0.109 e. The lowest BCUT2D eigenvalue weighted by molar-refractivity contribution is 0.539. The van der Waals surface area contributed by atoms with Crippen molar-refractivity contribution in [2.24, 2.45) is 0 Å². The molecule has 2 heterocycles. The highest BCUT2D eigenvalue weighted by Gasteiger charge is 2.21. The molecule has 3 rings (SSSR count). The van der Waals surface area contributed by atoms with Crippen molar-refractivity contribution in [3.05, 3.63) is 30.1 Å². The van der Waals surface area contributed by atoms with Crippen LogP contribution in [0.2, 0.25) is 0 Å². The number of benzene rings is 1. The number of rotatable bonds is 2. The molecule has 1 aliphatic rings. The highest BCUT2D eigenvalue weighted by Crippen LogP contribution is 2.25. The first-order valence-electron chi connectivity index (χ1n) is 6.06. The molecule has 1 aromatic carbocycles. The Bertz CT molecular complexity index is 495. The van der Waals surface area contributed by atoms with Gasteiger partial charge in [-0.25, -0.2) is 4.98 Å². The van der Waals surface area contributed by atoms with E-state index in [4.69, 9.17) is 4.98 Å². The summed E-state index contributed by atoms with van der Waals surface area (Å²) in [5.41, 5.74) is 2.42. The molecular weight excluding hydrogens is 198 g/mol. The summed E-state index contributed by atoms with van der Waals surface area (Å²) in [6.07, 6.45) is 2.22. The lowest BCUT2D eigenvalue weighted by atomic mass is 10.2. The molecule has 3 heteroatoms. The summed E-state index contributed by atoms with van der Waals surface area (Å²) >= 11 is 0. The molecule has 0 amide bonds. The molecule has 3 nitrogen and oxygen atoms in total. The predicted octanol–water partition coefficient (Wildman–Crippen LogP) is 2.13. The molecule has 1 N–H and O–H groups in total. The minimum Gasteiger partial charge on any atom is -0.324 e. The first-order chi connectivity index (χ1) is 7.90. The summed E-state index contributed by atoms with van der Waals surface area (Å²) in [6, 6.07) is 9.03. The van der Waals surface area contributed by atoms with Crippen molar-refractivity contribution in [1.82, 2.24) is 14.9 Å². The Labute approximate surface area is 95.5 Å². The number of fused-ring (bicyclic) bond motifs is 1. The average Bonchev–Trinajstić information content (AvgIpc) is 2.94. The second-order valence-electron chi connectivity index (χ2n) is 4.39. The number of nitrogens with zero attached hydrogens (tertiary/aromatic N) is 2. The van der Waals surface area contributed by atoms with Crippen LogP contribution in [0.3, 0.4) is 0 Å². The Morgan fingerprint density at radius 3 is 3.06 bits per heavy atom. The fourth-order valence-corrected chi connectivity index (χ4v) is 2.61. The molecule has 84 valence electrons. The van der Waals surface area contributed by atoms with Gasteiger partial charge in [0.25, 0.3) is 0 Å². The monoisotopic (exact) mass is 215 g/mol. The van der Waals surface area contributed by atoms with Crippen LogP contribution >= 0.6 is 0 Å². The zero-order chi connectivity index (χ0) is 11.0. The molecule has 1 aromatic heterocycles. The third-order valence-electron chi connectivity index (χ3n) is 3.38. The third-order valence-corrected chi connectivity index (χ3v) is 3.38. The number of hydrogen-bond acceptors (Lipinski definition) is 2. The second kappa shape index (κ2) is 3.91. The van der Waals surface area contributed by atoms with Crippen molar-refractivity contribution >= 4 is 11.0 Å². The van der Waals surface area contributed by atoms with Crippen LogP contribution in [0.15, 0.2) is 24.3 Å². The first kappa shape index (κ1) is 9.85. The molecule has 0 spiro atoms. The van der Waals surface area contributed by atoms with Gasteiger partial charge in [0, 0.05) is 19.0 Å². The summed E-state index contributed by atoms with van der Waals surface area (Å²) in [6.45, 7) is 4.38. The van der Waals surface area contributed by atoms with Crippen LogP contribution in [-0.4, -0.2) is 22.6 Å².